The fraction of sp³-hybridized carbons (Fsp3) is 0.133. The second-order valence-corrected chi connectivity index (χ2v) is 5.08. The number of fused-ring (bicyclic) bond motifs is 1. The Morgan fingerprint density at radius 3 is 2.75 bits per heavy atom. The monoisotopic (exact) mass is 289 g/mol. The summed E-state index contributed by atoms with van der Waals surface area (Å²) in [4.78, 5) is 4.26. The maximum absolute atomic E-state index is 13.5. The maximum Gasteiger partial charge on any atom is 0.201 e. The zero-order chi connectivity index (χ0) is 14.3. The summed E-state index contributed by atoms with van der Waals surface area (Å²) in [7, 11) is 0. The van der Waals surface area contributed by atoms with E-state index < -0.39 is 0 Å². The van der Waals surface area contributed by atoms with Crippen LogP contribution in [-0.2, 0) is 0 Å². The molecule has 2 aromatic carbocycles. The normalized spacial score (nSPS) is 12.8. The summed E-state index contributed by atoms with van der Waals surface area (Å²) in [5.74, 6) is 0.0306. The highest BCUT2D eigenvalue weighted by molar-refractivity contribution is 6.31. The topological polar surface area (TPSA) is 43.8 Å². The minimum Gasteiger partial charge on any atom is -0.369 e. The number of imidazole rings is 1. The minimum atomic E-state index is -0.315. The molecule has 3 rings (SSSR count). The van der Waals surface area contributed by atoms with Gasteiger partial charge in [0.1, 0.15) is 5.82 Å². The van der Waals surface area contributed by atoms with E-state index in [1.54, 1.807) is 10.6 Å². The fourth-order valence-corrected chi connectivity index (χ4v) is 2.74. The summed E-state index contributed by atoms with van der Waals surface area (Å²) in [5, 5.41) is 0.651. The van der Waals surface area contributed by atoms with Crippen molar-refractivity contribution in [1.82, 2.24) is 9.55 Å². The number of anilines is 1. The highest BCUT2D eigenvalue weighted by atomic mass is 35.5. The lowest BCUT2D eigenvalue weighted by molar-refractivity contribution is 0.625. The van der Waals surface area contributed by atoms with Crippen molar-refractivity contribution in [3.8, 4) is 0 Å². The molecule has 0 saturated carbocycles. The number of aromatic nitrogens is 2. The van der Waals surface area contributed by atoms with Gasteiger partial charge in [-0.25, -0.2) is 9.37 Å². The Morgan fingerprint density at radius 2 is 2.00 bits per heavy atom. The first-order chi connectivity index (χ1) is 9.58. The SMILES string of the molecule is CC(c1ccccc1Cl)n1c(N)nc2ccc(F)cc21. The van der Waals surface area contributed by atoms with Gasteiger partial charge in [-0.1, -0.05) is 29.8 Å². The van der Waals surface area contributed by atoms with E-state index in [-0.39, 0.29) is 11.9 Å². The Bertz CT molecular complexity index is 782. The molecule has 0 aliphatic heterocycles. The van der Waals surface area contributed by atoms with Crippen LogP contribution in [0.5, 0.6) is 0 Å². The third-order valence-electron chi connectivity index (χ3n) is 3.42. The van der Waals surface area contributed by atoms with Crippen molar-refractivity contribution >= 4 is 28.6 Å². The Hall–Kier alpha value is -2.07. The van der Waals surface area contributed by atoms with Gasteiger partial charge in [0.05, 0.1) is 17.1 Å². The maximum atomic E-state index is 13.5. The van der Waals surface area contributed by atoms with Gasteiger partial charge in [-0.15, -0.1) is 0 Å². The number of nitrogens with two attached hydrogens (primary N) is 1. The van der Waals surface area contributed by atoms with Crippen LogP contribution in [0.4, 0.5) is 10.3 Å². The van der Waals surface area contributed by atoms with Gasteiger partial charge in [0.25, 0.3) is 0 Å². The zero-order valence-electron chi connectivity index (χ0n) is 10.8. The number of nitrogen functional groups attached to an aromatic ring is 1. The van der Waals surface area contributed by atoms with Gasteiger partial charge in [-0.2, -0.15) is 0 Å². The van der Waals surface area contributed by atoms with Crippen LogP contribution >= 0.6 is 11.6 Å². The molecule has 0 radical (unpaired) electrons. The largest absolute Gasteiger partial charge is 0.369 e. The summed E-state index contributed by atoms with van der Waals surface area (Å²) in [5.41, 5.74) is 8.23. The predicted octanol–water partition coefficient (Wildman–Crippen LogP) is 4.02. The number of rotatable bonds is 2. The van der Waals surface area contributed by atoms with Gasteiger partial charge >= 0.3 is 0 Å². The van der Waals surface area contributed by atoms with E-state index in [2.05, 4.69) is 4.98 Å². The van der Waals surface area contributed by atoms with E-state index in [1.165, 1.54) is 12.1 Å². The second-order valence-electron chi connectivity index (χ2n) is 4.67. The number of halogens is 2. The van der Waals surface area contributed by atoms with Crippen LogP contribution in [0.3, 0.4) is 0 Å². The summed E-state index contributed by atoms with van der Waals surface area (Å²) < 4.78 is 15.3. The molecule has 0 aliphatic rings. The average Bonchev–Trinajstić information content (AvgIpc) is 2.74. The van der Waals surface area contributed by atoms with Crippen molar-refractivity contribution in [2.45, 2.75) is 13.0 Å². The average molecular weight is 290 g/mol. The first kappa shape index (κ1) is 12.9. The van der Waals surface area contributed by atoms with Crippen LogP contribution in [0.1, 0.15) is 18.5 Å². The molecule has 1 unspecified atom stereocenters. The lowest BCUT2D eigenvalue weighted by Crippen LogP contribution is -2.10. The lowest BCUT2D eigenvalue weighted by atomic mass is 10.1. The van der Waals surface area contributed by atoms with Gasteiger partial charge in [0, 0.05) is 5.02 Å². The van der Waals surface area contributed by atoms with E-state index in [0.29, 0.717) is 22.0 Å². The van der Waals surface area contributed by atoms with Crippen LogP contribution in [0.15, 0.2) is 42.5 Å². The molecule has 102 valence electrons. The van der Waals surface area contributed by atoms with E-state index in [4.69, 9.17) is 17.3 Å². The van der Waals surface area contributed by atoms with Gasteiger partial charge < -0.3 is 10.3 Å². The van der Waals surface area contributed by atoms with Crippen molar-refractivity contribution in [1.29, 1.82) is 0 Å². The van der Waals surface area contributed by atoms with E-state index >= 15 is 0 Å². The Labute approximate surface area is 120 Å². The molecule has 5 heteroatoms. The second kappa shape index (κ2) is 4.80. The summed E-state index contributed by atoms with van der Waals surface area (Å²) >= 11 is 6.22. The highest BCUT2D eigenvalue weighted by Crippen LogP contribution is 2.31. The molecule has 0 saturated heterocycles. The zero-order valence-corrected chi connectivity index (χ0v) is 11.6. The first-order valence-electron chi connectivity index (χ1n) is 6.25. The quantitative estimate of drug-likeness (QED) is 0.774. The number of hydrogen-bond donors (Lipinski definition) is 1. The molecule has 20 heavy (non-hydrogen) atoms. The number of hydrogen-bond acceptors (Lipinski definition) is 2. The Balaban J connectivity index is 2.21. The molecule has 1 aromatic heterocycles. The van der Waals surface area contributed by atoms with E-state index in [9.17, 15) is 4.39 Å². The Morgan fingerprint density at radius 1 is 1.25 bits per heavy atom. The van der Waals surface area contributed by atoms with Crippen LogP contribution in [0.25, 0.3) is 11.0 Å². The van der Waals surface area contributed by atoms with Crippen molar-refractivity contribution in [2.75, 3.05) is 5.73 Å². The van der Waals surface area contributed by atoms with Gasteiger partial charge in [-0.05, 0) is 36.8 Å². The van der Waals surface area contributed by atoms with Crippen LogP contribution < -0.4 is 5.73 Å². The fourth-order valence-electron chi connectivity index (χ4n) is 2.44. The molecule has 1 heterocycles. The number of benzene rings is 2. The molecular formula is C15H13ClFN3. The van der Waals surface area contributed by atoms with Gasteiger partial charge in [0.2, 0.25) is 5.95 Å². The van der Waals surface area contributed by atoms with Crippen molar-refractivity contribution in [3.05, 3.63) is 58.9 Å². The molecule has 2 N–H and O–H groups in total. The minimum absolute atomic E-state index is 0.129. The van der Waals surface area contributed by atoms with Crippen LogP contribution in [0, 0.1) is 5.82 Å². The molecule has 0 bridgehead atoms. The summed E-state index contributed by atoms with van der Waals surface area (Å²) in [6, 6.07) is 11.8. The molecular weight excluding hydrogens is 277 g/mol. The van der Waals surface area contributed by atoms with Gasteiger partial charge in [0.15, 0.2) is 0 Å². The standard InChI is InChI=1S/C15H13ClFN3/c1-9(11-4-2-3-5-12(11)16)20-14-8-10(17)6-7-13(14)19-15(20)18/h2-9H,1H3,(H2,18,19). The molecule has 3 aromatic rings. The lowest BCUT2D eigenvalue weighted by Gasteiger charge is -2.17. The third kappa shape index (κ3) is 2.02. The van der Waals surface area contributed by atoms with Crippen molar-refractivity contribution in [2.24, 2.45) is 0 Å². The van der Waals surface area contributed by atoms with Crippen LogP contribution in [0.2, 0.25) is 5.02 Å². The van der Waals surface area contributed by atoms with Gasteiger partial charge in [-0.3, -0.25) is 0 Å². The first-order valence-corrected chi connectivity index (χ1v) is 6.63. The third-order valence-corrected chi connectivity index (χ3v) is 3.77. The highest BCUT2D eigenvalue weighted by Gasteiger charge is 2.17. The molecule has 3 nitrogen and oxygen atoms in total. The van der Waals surface area contributed by atoms with Crippen molar-refractivity contribution in [3.63, 3.8) is 0 Å². The van der Waals surface area contributed by atoms with E-state index in [0.717, 1.165) is 5.56 Å². The Kier molecular flexibility index (Phi) is 3.10. The smallest absolute Gasteiger partial charge is 0.201 e. The number of nitrogens with zero attached hydrogens (tertiary/aromatic N) is 2. The summed E-state index contributed by atoms with van der Waals surface area (Å²) in [6.07, 6.45) is 0. The van der Waals surface area contributed by atoms with Crippen LogP contribution in [-0.4, -0.2) is 9.55 Å². The molecule has 0 aliphatic carbocycles. The predicted molar refractivity (Wildman–Crippen MR) is 79.4 cm³/mol. The molecule has 0 amide bonds. The molecule has 1 atom stereocenters. The molecule has 0 spiro atoms. The molecule has 0 fully saturated rings. The van der Waals surface area contributed by atoms with Crippen molar-refractivity contribution < 1.29 is 4.39 Å². The summed E-state index contributed by atoms with van der Waals surface area (Å²) in [6.45, 7) is 1.96. The van der Waals surface area contributed by atoms with E-state index in [1.807, 2.05) is 31.2 Å².